The predicted molar refractivity (Wildman–Crippen MR) is 90.3 cm³/mol. The van der Waals surface area contributed by atoms with Crippen LogP contribution in [0, 0.1) is 5.82 Å². The molecule has 1 fully saturated rings. The van der Waals surface area contributed by atoms with E-state index < -0.39 is 11.9 Å². The third-order valence-corrected chi connectivity index (χ3v) is 4.33. The van der Waals surface area contributed by atoms with Gasteiger partial charge in [0.25, 0.3) is 0 Å². The van der Waals surface area contributed by atoms with Gasteiger partial charge in [0.15, 0.2) is 28.5 Å². The third-order valence-electron chi connectivity index (χ3n) is 4.17. The summed E-state index contributed by atoms with van der Waals surface area (Å²) in [6, 6.07) is 6.02. The van der Waals surface area contributed by atoms with E-state index in [9.17, 15) is 9.50 Å². The average molecular weight is 364 g/mol. The summed E-state index contributed by atoms with van der Waals surface area (Å²) in [7, 11) is 0. The molecule has 1 saturated heterocycles. The van der Waals surface area contributed by atoms with Crippen molar-refractivity contribution in [1.82, 2.24) is 19.9 Å². The van der Waals surface area contributed by atoms with E-state index in [4.69, 9.17) is 16.3 Å². The number of H-pyrrole nitrogens is 1. The minimum absolute atomic E-state index is 0.0851. The number of aliphatic hydroxyl groups excluding tert-OH is 1. The van der Waals surface area contributed by atoms with Crippen LogP contribution in [0.5, 0.6) is 5.75 Å². The summed E-state index contributed by atoms with van der Waals surface area (Å²) in [6.07, 6.45) is 1.44. The minimum atomic E-state index is -0.544. The van der Waals surface area contributed by atoms with Crippen LogP contribution in [0.25, 0.3) is 11.2 Å². The van der Waals surface area contributed by atoms with Crippen LogP contribution in [0.1, 0.15) is 6.42 Å². The molecule has 2 unspecified atom stereocenters. The Labute approximate surface area is 147 Å². The van der Waals surface area contributed by atoms with Gasteiger partial charge in [-0.15, -0.1) is 0 Å². The molecule has 0 spiro atoms. The van der Waals surface area contributed by atoms with Crippen molar-refractivity contribution < 1.29 is 14.2 Å². The van der Waals surface area contributed by atoms with E-state index in [2.05, 4.69) is 19.9 Å². The van der Waals surface area contributed by atoms with Crippen molar-refractivity contribution in [3.8, 4) is 5.75 Å². The first-order valence-electron chi connectivity index (χ1n) is 7.80. The number of halogens is 2. The lowest BCUT2D eigenvalue weighted by Gasteiger charge is -2.25. The third kappa shape index (κ3) is 3.10. The van der Waals surface area contributed by atoms with E-state index >= 15 is 0 Å². The van der Waals surface area contributed by atoms with Gasteiger partial charge in [0.2, 0.25) is 5.28 Å². The fourth-order valence-electron chi connectivity index (χ4n) is 3.05. The van der Waals surface area contributed by atoms with Gasteiger partial charge in [-0.2, -0.15) is 9.97 Å². The molecule has 25 heavy (non-hydrogen) atoms. The standard InChI is InChI=1S/C16H15ClFN5O2/c17-16-21-14-13(19-8-20-14)15(22-16)23-6-10(24)5-9(23)7-25-12-4-2-1-3-11(12)18/h1-4,8-10,24H,5-7H2,(H,19,20,21,22). The first kappa shape index (κ1) is 16.0. The molecule has 1 aliphatic rings. The van der Waals surface area contributed by atoms with Crippen molar-refractivity contribution in [1.29, 1.82) is 0 Å². The van der Waals surface area contributed by atoms with E-state index in [0.29, 0.717) is 29.9 Å². The molecule has 1 aliphatic heterocycles. The number of imidazole rings is 1. The van der Waals surface area contributed by atoms with Crippen LogP contribution in [0.3, 0.4) is 0 Å². The number of nitrogens with zero attached hydrogens (tertiary/aromatic N) is 4. The topological polar surface area (TPSA) is 87.2 Å². The molecule has 7 nitrogen and oxygen atoms in total. The molecule has 2 atom stereocenters. The van der Waals surface area contributed by atoms with Crippen LogP contribution < -0.4 is 9.64 Å². The molecular formula is C16H15ClFN5O2. The van der Waals surface area contributed by atoms with Gasteiger partial charge in [0, 0.05) is 6.54 Å². The quantitative estimate of drug-likeness (QED) is 0.691. The Hall–Kier alpha value is -2.45. The first-order chi connectivity index (χ1) is 12.1. The Morgan fingerprint density at radius 2 is 2.20 bits per heavy atom. The van der Waals surface area contributed by atoms with Gasteiger partial charge in [-0.1, -0.05) is 12.1 Å². The molecule has 2 aromatic heterocycles. The van der Waals surface area contributed by atoms with Crippen molar-refractivity contribution in [2.24, 2.45) is 0 Å². The summed E-state index contributed by atoms with van der Waals surface area (Å²) < 4.78 is 19.4. The van der Waals surface area contributed by atoms with Crippen LogP contribution >= 0.6 is 11.6 Å². The molecule has 0 radical (unpaired) electrons. The van der Waals surface area contributed by atoms with E-state index in [1.165, 1.54) is 12.4 Å². The molecule has 1 aromatic carbocycles. The van der Waals surface area contributed by atoms with Gasteiger partial charge in [0.1, 0.15) is 6.61 Å². The fourth-order valence-corrected chi connectivity index (χ4v) is 3.22. The maximum absolute atomic E-state index is 13.7. The zero-order valence-electron chi connectivity index (χ0n) is 13.1. The van der Waals surface area contributed by atoms with Crippen LogP contribution in [0.2, 0.25) is 5.28 Å². The van der Waals surface area contributed by atoms with Gasteiger partial charge in [-0.3, -0.25) is 0 Å². The van der Waals surface area contributed by atoms with Gasteiger partial charge < -0.3 is 19.7 Å². The van der Waals surface area contributed by atoms with Crippen molar-refractivity contribution in [3.05, 3.63) is 41.7 Å². The lowest BCUT2D eigenvalue weighted by molar-refractivity contribution is 0.186. The highest BCUT2D eigenvalue weighted by atomic mass is 35.5. The van der Waals surface area contributed by atoms with Crippen LogP contribution in [0.4, 0.5) is 10.2 Å². The number of hydrogen-bond donors (Lipinski definition) is 2. The van der Waals surface area contributed by atoms with Crippen molar-refractivity contribution >= 4 is 28.6 Å². The number of rotatable bonds is 4. The monoisotopic (exact) mass is 363 g/mol. The Balaban J connectivity index is 1.61. The number of aliphatic hydroxyl groups is 1. The molecule has 0 bridgehead atoms. The zero-order chi connectivity index (χ0) is 17.4. The summed E-state index contributed by atoms with van der Waals surface area (Å²) in [5, 5.41) is 10.2. The number of fused-ring (bicyclic) bond motifs is 1. The van der Waals surface area contributed by atoms with E-state index in [0.717, 1.165) is 0 Å². The zero-order valence-corrected chi connectivity index (χ0v) is 13.8. The highest BCUT2D eigenvalue weighted by Gasteiger charge is 2.34. The number of aromatic amines is 1. The lowest BCUT2D eigenvalue weighted by atomic mass is 10.2. The SMILES string of the molecule is OC1CC(COc2ccccc2F)N(c2nc(Cl)nc3[nH]cnc23)C1. The average Bonchev–Trinajstić information content (AvgIpc) is 3.19. The summed E-state index contributed by atoms with van der Waals surface area (Å²) in [5.74, 6) is 0.275. The number of benzene rings is 1. The molecule has 0 aliphatic carbocycles. The molecule has 2 N–H and O–H groups in total. The number of β-amino-alcohol motifs (C(OH)–C–C–N with tert-alkyl or cyclic N) is 1. The van der Waals surface area contributed by atoms with Crippen molar-refractivity contribution in [2.75, 3.05) is 18.1 Å². The Morgan fingerprint density at radius 3 is 3.04 bits per heavy atom. The number of anilines is 1. The lowest BCUT2D eigenvalue weighted by Crippen LogP contribution is -2.35. The number of hydrogen-bond acceptors (Lipinski definition) is 6. The van der Waals surface area contributed by atoms with Gasteiger partial charge >= 0.3 is 0 Å². The molecule has 3 aromatic rings. The number of nitrogens with one attached hydrogen (secondary N) is 1. The van der Waals surface area contributed by atoms with Crippen molar-refractivity contribution in [3.63, 3.8) is 0 Å². The first-order valence-corrected chi connectivity index (χ1v) is 8.18. The number of aromatic nitrogens is 4. The van der Waals surface area contributed by atoms with E-state index in [-0.39, 0.29) is 23.7 Å². The highest BCUT2D eigenvalue weighted by Crippen LogP contribution is 2.30. The van der Waals surface area contributed by atoms with Gasteiger partial charge in [-0.05, 0) is 30.2 Å². The molecule has 9 heteroatoms. The number of para-hydroxylation sites is 1. The van der Waals surface area contributed by atoms with Crippen LogP contribution in [0.15, 0.2) is 30.6 Å². The molecule has 0 amide bonds. The Morgan fingerprint density at radius 1 is 1.36 bits per heavy atom. The summed E-state index contributed by atoms with van der Waals surface area (Å²) in [5.41, 5.74) is 1.08. The molecule has 4 rings (SSSR count). The van der Waals surface area contributed by atoms with Gasteiger partial charge in [0.05, 0.1) is 18.5 Å². The Bertz CT molecular complexity index is 905. The molecule has 130 valence electrons. The smallest absolute Gasteiger partial charge is 0.226 e. The summed E-state index contributed by atoms with van der Waals surface area (Å²) >= 11 is 6.00. The van der Waals surface area contributed by atoms with Gasteiger partial charge in [-0.25, -0.2) is 9.37 Å². The maximum atomic E-state index is 13.7. The predicted octanol–water partition coefficient (Wildman–Crippen LogP) is 2.16. The molecule has 3 heterocycles. The number of ether oxygens (including phenoxy) is 1. The van der Waals surface area contributed by atoms with Crippen LogP contribution in [-0.2, 0) is 0 Å². The Kier molecular flexibility index (Phi) is 4.14. The fraction of sp³-hybridized carbons (Fsp3) is 0.312. The highest BCUT2D eigenvalue weighted by molar-refractivity contribution is 6.28. The van der Waals surface area contributed by atoms with E-state index in [1.807, 2.05) is 4.90 Å². The maximum Gasteiger partial charge on any atom is 0.226 e. The normalized spacial score (nSPS) is 20.4. The van der Waals surface area contributed by atoms with Crippen LogP contribution in [-0.4, -0.2) is 50.3 Å². The molecule has 0 saturated carbocycles. The second kappa shape index (κ2) is 6.45. The molecular weight excluding hydrogens is 349 g/mol. The summed E-state index contributed by atoms with van der Waals surface area (Å²) in [4.78, 5) is 17.4. The minimum Gasteiger partial charge on any atom is -0.488 e. The van der Waals surface area contributed by atoms with Crippen molar-refractivity contribution in [2.45, 2.75) is 18.6 Å². The van der Waals surface area contributed by atoms with E-state index in [1.54, 1.807) is 18.2 Å². The second-order valence-corrected chi connectivity index (χ2v) is 6.19. The second-order valence-electron chi connectivity index (χ2n) is 5.85. The largest absolute Gasteiger partial charge is 0.488 e. The summed E-state index contributed by atoms with van der Waals surface area (Å²) in [6.45, 7) is 0.562.